The van der Waals surface area contributed by atoms with Crippen molar-refractivity contribution < 1.29 is 0 Å². The van der Waals surface area contributed by atoms with Gasteiger partial charge in [-0.2, -0.15) is 0 Å². The average Bonchev–Trinajstić information content (AvgIpc) is 3.70. The molecule has 0 unspecified atom stereocenters. The Morgan fingerprint density at radius 3 is 1.50 bits per heavy atom. The number of amidine groups is 2. The van der Waals surface area contributed by atoms with Crippen molar-refractivity contribution in [2.24, 2.45) is 9.98 Å². The van der Waals surface area contributed by atoms with Crippen LogP contribution in [-0.2, 0) is 0 Å². The molecule has 50 heavy (non-hydrogen) atoms. The normalized spacial score (nSPS) is 12.1. The lowest BCUT2D eigenvalue weighted by molar-refractivity contribution is 1.16. The molecule has 0 radical (unpaired) electrons. The SMILES string of the molecule is N=C(/N=C(\N=C\c1ccc(-n2c3ccccc3c3cc(-n4c5ccccc5c5ccccc54)ccc32)cc1)c1ccccc1)c1ccccc1. The molecule has 1 N–H and O–H groups in total. The molecule has 0 aliphatic heterocycles. The molecule has 5 nitrogen and oxygen atoms in total. The van der Waals surface area contributed by atoms with Crippen LogP contribution < -0.4 is 0 Å². The van der Waals surface area contributed by atoms with E-state index in [0.29, 0.717) is 5.84 Å². The van der Waals surface area contributed by atoms with Gasteiger partial charge in [0.25, 0.3) is 0 Å². The van der Waals surface area contributed by atoms with Crippen LogP contribution in [0.25, 0.3) is 55.0 Å². The number of aliphatic imine (C=N–C) groups is 2. The summed E-state index contributed by atoms with van der Waals surface area (Å²) in [4.78, 5) is 9.39. The van der Waals surface area contributed by atoms with E-state index in [1.807, 2.05) is 66.9 Å². The Kier molecular flexibility index (Phi) is 7.21. The van der Waals surface area contributed by atoms with Gasteiger partial charge in [0.05, 0.1) is 22.1 Å². The molecule has 0 saturated carbocycles. The fourth-order valence-corrected chi connectivity index (χ4v) is 6.95. The number of benzene rings is 7. The number of rotatable bonds is 5. The molecule has 9 rings (SSSR count). The number of para-hydroxylation sites is 3. The summed E-state index contributed by atoms with van der Waals surface area (Å²) >= 11 is 0. The molecule has 0 saturated heterocycles. The van der Waals surface area contributed by atoms with Crippen LogP contribution in [0.4, 0.5) is 0 Å². The summed E-state index contributed by atoms with van der Waals surface area (Å²) in [5.74, 6) is 0.662. The van der Waals surface area contributed by atoms with E-state index < -0.39 is 0 Å². The van der Waals surface area contributed by atoms with E-state index in [-0.39, 0.29) is 5.84 Å². The second kappa shape index (κ2) is 12.3. The first-order chi connectivity index (χ1) is 24.7. The van der Waals surface area contributed by atoms with Crippen LogP contribution in [0.1, 0.15) is 16.7 Å². The van der Waals surface area contributed by atoms with Gasteiger partial charge in [-0.15, -0.1) is 0 Å². The van der Waals surface area contributed by atoms with E-state index in [1.165, 1.54) is 32.6 Å². The van der Waals surface area contributed by atoms with Crippen molar-refractivity contribution in [3.05, 3.63) is 193 Å². The van der Waals surface area contributed by atoms with Crippen molar-refractivity contribution in [2.75, 3.05) is 0 Å². The molecule has 236 valence electrons. The van der Waals surface area contributed by atoms with Crippen LogP contribution >= 0.6 is 0 Å². The van der Waals surface area contributed by atoms with Crippen molar-refractivity contribution in [3.63, 3.8) is 0 Å². The number of nitrogens with one attached hydrogen (secondary N) is 1. The van der Waals surface area contributed by atoms with Crippen molar-refractivity contribution >= 4 is 61.5 Å². The Bertz CT molecular complexity index is 2700. The van der Waals surface area contributed by atoms with E-state index in [2.05, 4.69) is 129 Å². The van der Waals surface area contributed by atoms with E-state index in [4.69, 9.17) is 10.4 Å². The first kappa shape index (κ1) is 29.3. The number of nitrogens with zero attached hydrogens (tertiary/aromatic N) is 4. The van der Waals surface area contributed by atoms with Gasteiger partial charge in [-0.3, -0.25) is 5.41 Å². The fraction of sp³-hybridized carbons (Fsp3) is 0. The second-order valence-electron chi connectivity index (χ2n) is 12.3. The molecule has 2 heterocycles. The second-order valence-corrected chi connectivity index (χ2v) is 12.3. The minimum absolute atomic E-state index is 0.171. The van der Waals surface area contributed by atoms with Crippen LogP contribution in [0, 0.1) is 5.41 Å². The van der Waals surface area contributed by atoms with Crippen LogP contribution in [0.2, 0.25) is 0 Å². The average molecular weight is 642 g/mol. The highest BCUT2D eigenvalue weighted by Gasteiger charge is 2.16. The lowest BCUT2D eigenvalue weighted by atomic mass is 10.1. The van der Waals surface area contributed by atoms with Gasteiger partial charge in [-0.05, 0) is 54.1 Å². The highest BCUT2D eigenvalue weighted by molar-refractivity contribution is 6.14. The van der Waals surface area contributed by atoms with Crippen LogP contribution in [-0.4, -0.2) is 27.0 Å². The maximum Gasteiger partial charge on any atom is 0.161 e. The monoisotopic (exact) mass is 641 g/mol. The van der Waals surface area contributed by atoms with Crippen molar-refractivity contribution in [3.8, 4) is 11.4 Å². The minimum atomic E-state index is 0.171. The molecule has 2 aromatic heterocycles. The first-order valence-electron chi connectivity index (χ1n) is 16.7. The third kappa shape index (κ3) is 5.09. The molecule has 0 bridgehead atoms. The summed E-state index contributed by atoms with van der Waals surface area (Å²) in [5.41, 5.74) is 9.45. The summed E-state index contributed by atoms with van der Waals surface area (Å²) in [6.07, 6.45) is 1.82. The number of fused-ring (bicyclic) bond motifs is 6. The quantitative estimate of drug-likeness (QED) is 0.144. The van der Waals surface area contributed by atoms with Gasteiger partial charge in [0.15, 0.2) is 11.7 Å². The van der Waals surface area contributed by atoms with Crippen molar-refractivity contribution in [1.82, 2.24) is 9.13 Å². The van der Waals surface area contributed by atoms with Gasteiger partial charge in [0.2, 0.25) is 0 Å². The summed E-state index contributed by atoms with van der Waals surface area (Å²) in [6, 6.07) is 60.5. The van der Waals surface area contributed by atoms with Gasteiger partial charge in [-0.25, -0.2) is 9.98 Å². The van der Waals surface area contributed by atoms with E-state index in [9.17, 15) is 0 Å². The maximum atomic E-state index is 8.59. The summed E-state index contributed by atoms with van der Waals surface area (Å²) < 4.78 is 4.71. The lowest BCUT2D eigenvalue weighted by Crippen LogP contribution is -2.04. The molecule has 0 aliphatic rings. The molecular weight excluding hydrogens is 611 g/mol. The zero-order valence-electron chi connectivity index (χ0n) is 27.1. The predicted molar refractivity (Wildman–Crippen MR) is 209 cm³/mol. The van der Waals surface area contributed by atoms with Gasteiger partial charge < -0.3 is 9.13 Å². The Balaban J connectivity index is 1.10. The smallest absolute Gasteiger partial charge is 0.161 e. The Hall–Kier alpha value is -6.85. The number of hydrogen-bond donors (Lipinski definition) is 1. The van der Waals surface area contributed by atoms with Gasteiger partial charge >= 0.3 is 0 Å². The number of hydrogen-bond acceptors (Lipinski definition) is 1. The van der Waals surface area contributed by atoms with E-state index in [1.54, 1.807) is 0 Å². The molecule has 9 aromatic rings. The standard InChI is InChI=1S/C45H31N5/c46-44(32-13-3-1-4-14-32)48-45(33-15-5-2-6-16-33)47-30-31-23-25-34(26-24-31)49-42-22-12-9-19-38(42)39-29-35(27-28-43(39)49)50-40-20-10-7-17-36(40)37-18-8-11-21-41(37)50/h1-30,46H/b46-44?,47-30+,48-45-. The summed E-state index contributed by atoms with van der Waals surface area (Å²) in [6.45, 7) is 0. The molecular formula is C45H31N5. The van der Waals surface area contributed by atoms with Gasteiger partial charge in [0, 0.05) is 50.3 Å². The van der Waals surface area contributed by atoms with Gasteiger partial charge in [0.1, 0.15) is 0 Å². The minimum Gasteiger partial charge on any atom is -0.309 e. The molecule has 0 aliphatic carbocycles. The fourth-order valence-electron chi connectivity index (χ4n) is 6.95. The van der Waals surface area contributed by atoms with Crippen LogP contribution in [0.5, 0.6) is 0 Å². The molecule has 0 amide bonds. The number of aromatic nitrogens is 2. The topological polar surface area (TPSA) is 58.4 Å². The van der Waals surface area contributed by atoms with Crippen LogP contribution in [0.15, 0.2) is 186 Å². The molecule has 0 fully saturated rings. The largest absolute Gasteiger partial charge is 0.309 e. The maximum absolute atomic E-state index is 8.59. The Labute approximate surface area is 289 Å². The van der Waals surface area contributed by atoms with Gasteiger partial charge in [-0.1, -0.05) is 127 Å². The zero-order chi connectivity index (χ0) is 33.4. The lowest BCUT2D eigenvalue weighted by Gasteiger charge is -2.10. The van der Waals surface area contributed by atoms with Crippen molar-refractivity contribution in [2.45, 2.75) is 0 Å². The molecule has 5 heteroatoms. The summed E-state index contributed by atoms with van der Waals surface area (Å²) in [7, 11) is 0. The third-order valence-electron chi connectivity index (χ3n) is 9.28. The van der Waals surface area contributed by atoms with Crippen LogP contribution in [0.3, 0.4) is 0 Å². The highest BCUT2D eigenvalue weighted by Crippen LogP contribution is 2.36. The third-order valence-corrected chi connectivity index (χ3v) is 9.28. The predicted octanol–water partition coefficient (Wildman–Crippen LogP) is 10.8. The highest BCUT2D eigenvalue weighted by atomic mass is 15.0. The zero-order valence-corrected chi connectivity index (χ0v) is 27.1. The van der Waals surface area contributed by atoms with Crippen molar-refractivity contribution in [1.29, 1.82) is 5.41 Å². The molecule has 0 spiro atoms. The first-order valence-corrected chi connectivity index (χ1v) is 16.7. The van der Waals surface area contributed by atoms with E-state index in [0.717, 1.165) is 39.1 Å². The summed E-state index contributed by atoms with van der Waals surface area (Å²) in [5, 5.41) is 13.5. The Morgan fingerprint density at radius 1 is 0.440 bits per heavy atom. The molecule has 7 aromatic carbocycles. The Morgan fingerprint density at radius 2 is 0.900 bits per heavy atom. The molecule has 0 atom stereocenters. The van der Waals surface area contributed by atoms with E-state index >= 15 is 0 Å².